The second-order valence-corrected chi connectivity index (χ2v) is 4.78. The fourth-order valence-electron chi connectivity index (χ4n) is 2.31. The average molecular weight is 256 g/mol. The van der Waals surface area contributed by atoms with Crippen molar-refractivity contribution in [2.75, 3.05) is 6.54 Å². The Morgan fingerprint density at radius 3 is 2.42 bits per heavy atom. The molecule has 1 aromatic rings. The summed E-state index contributed by atoms with van der Waals surface area (Å²) < 4.78 is 0. The lowest BCUT2D eigenvalue weighted by Crippen LogP contribution is -2.30. The zero-order chi connectivity index (χ0) is 14.1. The maximum Gasteiger partial charge on any atom is 0.0983 e. The molecule has 1 aromatic carbocycles. The molecule has 1 saturated heterocycles. The molecule has 1 heterocycles. The van der Waals surface area contributed by atoms with Crippen LogP contribution in [0.2, 0.25) is 0 Å². The van der Waals surface area contributed by atoms with E-state index < -0.39 is 0 Å². The maximum atomic E-state index is 9.04. The average Bonchev–Trinajstić information content (AvgIpc) is 2.96. The van der Waals surface area contributed by atoms with Gasteiger partial charge in [0.25, 0.3) is 0 Å². The Bertz CT molecular complexity index is 413. The van der Waals surface area contributed by atoms with Crippen LogP contribution in [0, 0.1) is 11.3 Å². The summed E-state index contributed by atoms with van der Waals surface area (Å²) in [5.41, 5.74) is 1.31. The minimum absolute atomic E-state index is 0.111. The Morgan fingerprint density at radius 1 is 1.26 bits per heavy atom. The highest BCUT2D eigenvalue weighted by Gasteiger charge is 2.28. The number of nitriles is 1. The maximum absolute atomic E-state index is 9.04. The van der Waals surface area contributed by atoms with E-state index in [4.69, 9.17) is 5.26 Å². The lowest BCUT2D eigenvalue weighted by molar-refractivity contribution is 0.226. The molecule has 102 valence electrons. The van der Waals surface area contributed by atoms with Crippen molar-refractivity contribution in [3.05, 3.63) is 48.0 Å². The van der Waals surface area contributed by atoms with Crippen LogP contribution >= 0.6 is 0 Å². The van der Waals surface area contributed by atoms with E-state index in [1.54, 1.807) is 0 Å². The van der Waals surface area contributed by atoms with Gasteiger partial charge >= 0.3 is 0 Å². The lowest BCUT2D eigenvalue weighted by atomic mass is 10.1. The van der Waals surface area contributed by atoms with Crippen LogP contribution in [0.4, 0.5) is 0 Å². The highest BCUT2D eigenvalue weighted by Crippen LogP contribution is 2.28. The molecule has 19 heavy (non-hydrogen) atoms. The highest BCUT2D eigenvalue weighted by atomic mass is 15.2. The number of allylic oxidation sites excluding steroid dienone is 2. The molecule has 2 atom stereocenters. The fraction of sp³-hybridized carbons (Fsp3) is 0.471. The van der Waals surface area contributed by atoms with Crippen LogP contribution in [-0.2, 0) is 0 Å². The van der Waals surface area contributed by atoms with Gasteiger partial charge < -0.3 is 0 Å². The van der Waals surface area contributed by atoms with Gasteiger partial charge in [0.1, 0.15) is 0 Å². The van der Waals surface area contributed by atoms with Gasteiger partial charge in [0.05, 0.1) is 12.1 Å². The number of hydrogen-bond donors (Lipinski definition) is 0. The largest absolute Gasteiger partial charge is 0.281 e. The van der Waals surface area contributed by atoms with Crippen LogP contribution in [0.3, 0.4) is 0 Å². The molecule has 0 saturated carbocycles. The predicted molar refractivity (Wildman–Crippen MR) is 80.7 cm³/mol. The van der Waals surface area contributed by atoms with Crippen molar-refractivity contribution < 1.29 is 0 Å². The monoisotopic (exact) mass is 256 g/mol. The first-order valence-corrected chi connectivity index (χ1v) is 7.02. The Balaban J connectivity index is 0.000000399. The predicted octanol–water partition coefficient (Wildman–Crippen LogP) is 4.32. The normalized spacial score (nSPS) is 20.6. The Hall–Kier alpha value is -1.59. The van der Waals surface area contributed by atoms with E-state index in [0.29, 0.717) is 6.04 Å². The van der Waals surface area contributed by atoms with E-state index in [9.17, 15) is 0 Å². The van der Waals surface area contributed by atoms with Crippen molar-refractivity contribution in [2.24, 2.45) is 0 Å². The van der Waals surface area contributed by atoms with Crippen LogP contribution < -0.4 is 0 Å². The van der Waals surface area contributed by atoms with Gasteiger partial charge in [-0.1, -0.05) is 42.5 Å². The highest BCUT2D eigenvalue weighted by molar-refractivity contribution is 5.19. The third-order valence-electron chi connectivity index (χ3n) is 3.56. The molecule has 1 aliphatic rings. The van der Waals surface area contributed by atoms with Crippen molar-refractivity contribution in [3.8, 4) is 6.07 Å². The molecule has 0 spiro atoms. The van der Waals surface area contributed by atoms with Crippen molar-refractivity contribution in [3.63, 3.8) is 0 Å². The molecule has 2 unspecified atom stereocenters. The quantitative estimate of drug-likeness (QED) is 0.737. The van der Waals surface area contributed by atoms with Gasteiger partial charge in [-0.3, -0.25) is 4.90 Å². The summed E-state index contributed by atoms with van der Waals surface area (Å²) in [6.07, 6.45) is 6.17. The summed E-state index contributed by atoms with van der Waals surface area (Å²) in [6, 6.07) is 13.3. The molecule has 0 N–H and O–H groups in total. The Labute approximate surface area is 117 Å². The number of benzene rings is 1. The summed E-state index contributed by atoms with van der Waals surface area (Å²) in [7, 11) is 0. The van der Waals surface area contributed by atoms with Crippen LogP contribution in [0.1, 0.15) is 45.2 Å². The van der Waals surface area contributed by atoms with Crippen LogP contribution in [0.15, 0.2) is 42.5 Å². The molecule has 0 amide bonds. The minimum atomic E-state index is 0.111. The summed E-state index contributed by atoms with van der Waals surface area (Å²) in [6.45, 7) is 7.24. The van der Waals surface area contributed by atoms with Gasteiger partial charge in [-0.25, -0.2) is 0 Å². The molecule has 0 radical (unpaired) electrons. The molecule has 0 aliphatic carbocycles. The Kier molecular flexibility index (Phi) is 6.92. The minimum Gasteiger partial charge on any atom is -0.281 e. The standard InChI is InChI=1S/C13H16N2.C4H8/c1-11(12-6-3-2-4-7-12)15-9-5-8-13(15)10-14;1-3-4-2/h2-4,6-7,11,13H,5,8-9H2,1H3;3-4H,1-2H3/b;4-3-. The molecule has 1 aliphatic heterocycles. The van der Waals surface area contributed by atoms with Crippen LogP contribution in [0.25, 0.3) is 0 Å². The third kappa shape index (κ3) is 4.54. The van der Waals surface area contributed by atoms with Gasteiger partial charge in [0.15, 0.2) is 0 Å². The van der Waals surface area contributed by atoms with Gasteiger partial charge in [-0.15, -0.1) is 0 Å². The van der Waals surface area contributed by atoms with Crippen LogP contribution in [-0.4, -0.2) is 17.5 Å². The summed E-state index contributed by atoms with van der Waals surface area (Å²) >= 11 is 0. The zero-order valence-electron chi connectivity index (χ0n) is 12.2. The second kappa shape index (κ2) is 8.50. The molecule has 2 nitrogen and oxygen atoms in total. The first kappa shape index (κ1) is 15.5. The van der Waals surface area contributed by atoms with E-state index >= 15 is 0 Å². The van der Waals surface area contributed by atoms with Gasteiger partial charge in [0.2, 0.25) is 0 Å². The topological polar surface area (TPSA) is 27.0 Å². The Morgan fingerprint density at radius 2 is 1.89 bits per heavy atom. The molecule has 1 fully saturated rings. The molecule has 2 heteroatoms. The van der Waals surface area contributed by atoms with E-state index in [1.165, 1.54) is 5.56 Å². The summed E-state index contributed by atoms with van der Waals surface area (Å²) in [5, 5.41) is 9.04. The molecule has 0 aromatic heterocycles. The smallest absolute Gasteiger partial charge is 0.0983 e. The van der Waals surface area contributed by atoms with Crippen molar-refractivity contribution in [1.82, 2.24) is 4.90 Å². The zero-order valence-corrected chi connectivity index (χ0v) is 12.2. The van der Waals surface area contributed by atoms with Gasteiger partial charge in [-0.05, 0) is 39.2 Å². The van der Waals surface area contributed by atoms with Crippen molar-refractivity contribution >= 4 is 0 Å². The number of hydrogen-bond acceptors (Lipinski definition) is 2. The van der Waals surface area contributed by atoms with E-state index in [0.717, 1.165) is 19.4 Å². The van der Waals surface area contributed by atoms with E-state index in [-0.39, 0.29) is 6.04 Å². The summed E-state index contributed by atoms with van der Waals surface area (Å²) in [5.74, 6) is 0. The van der Waals surface area contributed by atoms with Crippen molar-refractivity contribution in [2.45, 2.75) is 45.7 Å². The molecular weight excluding hydrogens is 232 g/mol. The molecular formula is C17H24N2. The van der Waals surface area contributed by atoms with E-state index in [1.807, 2.05) is 32.1 Å². The molecule has 2 rings (SSSR count). The first-order chi connectivity index (χ1) is 9.24. The van der Waals surface area contributed by atoms with Crippen LogP contribution in [0.5, 0.6) is 0 Å². The summed E-state index contributed by atoms with van der Waals surface area (Å²) in [4.78, 5) is 2.30. The van der Waals surface area contributed by atoms with Gasteiger partial charge in [-0.2, -0.15) is 5.26 Å². The molecule has 0 bridgehead atoms. The van der Waals surface area contributed by atoms with Gasteiger partial charge in [0, 0.05) is 12.6 Å². The first-order valence-electron chi connectivity index (χ1n) is 7.02. The lowest BCUT2D eigenvalue weighted by Gasteiger charge is -2.27. The van der Waals surface area contributed by atoms with Crippen molar-refractivity contribution in [1.29, 1.82) is 5.26 Å². The third-order valence-corrected chi connectivity index (χ3v) is 3.56. The fourth-order valence-corrected chi connectivity index (χ4v) is 2.31. The second-order valence-electron chi connectivity index (χ2n) is 4.78. The number of rotatable bonds is 2. The SMILES string of the molecule is C/C=C\C.CC(c1ccccc1)N1CCCC1C#N. The van der Waals surface area contributed by atoms with E-state index in [2.05, 4.69) is 42.2 Å². The number of likely N-dealkylation sites (tertiary alicyclic amines) is 1. The number of nitrogens with zero attached hydrogens (tertiary/aromatic N) is 2.